The van der Waals surface area contributed by atoms with Crippen molar-refractivity contribution in [1.29, 1.82) is 0 Å². The molecule has 3 aromatic rings. The SMILES string of the molecule is FC(F)(F)c1ccc2cc3c(nc2c1)Nc1ccccc1S3. The summed E-state index contributed by atoms with van der Waals surface area (Å²) in [6.45, 7) is 0. The molecule has 6 heteroatoms. The van der Waals surface area contributed by atoms with E-state index in [1.165, 1.54) is 6.07 Å². The molecule has 110 valence electrons. The zero-order chi connectivity index (χ0) is 15.3. The lowest BCUT2D eigenvalue weighted by molar-refractivity contribution is -0.137. The van der Waals surface area contributed by atoms with E-state index in [0.717, 1.165) is 27.6 Å². The highest BCUT2D eigenvalue weighted by atomic mass is 32.2. The molecule has 1 aliphatic rings. The number of para-hydroxylation sites is 1. The molecule has 1 N–H and O–H groups in total. The quantitative estimate of drug-likeness (QED) is 0.466. The molecule has 4 rings (SSSR count). The van der Waals surface area contributed by atoms with Crippen LogP contribution in [0, 0.1) is 0 Å². The number of anilines is 2. The highest BCUT2D eigenvalue weighted by Gasteiger charge is 2.30. The van der Waals surface area contributed by atoms with Crippen LogP contribution in [0.2, 0.25) is 0 Å². The van der Waals surface area contributed by atoms with Gasteiger partial charge in [-0.2, -0.15) is 13.2 Å². The number of halogens is 3. The van der Waals surface area contributed by atoms with Crippen molar-refractivity contribution in [3.05, 3.63) is 54.1 Å². The van der Waals surface area contributed by atoms with Gasteiger partial charge >= 0.3 is 6.18 Å². The summed E-state index contributed by atoms with van der Waals surface area (Å²) < 4.78 is 38.4. The minimum absolute atomic E-state index is 0.334. The van der Waals surface area contributed by atoms with E-state index >= 15 is 0 Å². The molecule has 2 nitrogen and oxygen atoms in total. The van der Waals surface area contributed by atoms with Gasteiger partial charge in [-0.1, -0.05) is 30.0 Å². The number of nitrogens with one attached hydrogen (secondary N) is 1. The Balaban J connectivity index is 1.85. The second-order valence-corrected chi connectivity index (χ2v) is 6.05. The van der Waals surface area contributed by atoms with E-state index in [1.807, 2.05) is 30.3 Å². The van der Waals surface area contributed by atoms with Crippen molar-refractivity contribution in [1.82, 2.24) is 4.98 Å². The highest BCUT2D eigenvalue weighted by molar-refractivity contribution is 7.99. The van der Waals surface area contributed by atoms with Crippen molar-refractivity contribution in [3.63, 3.8) is 0 Å². The summed E-state index contributed by atoms with van der Waals surface area (Å²) >= 11 is 1.56. The molecular formula is C16H9F3N2S. The number of fused-ring (bicyclic) bond motifs is 3. The Hall–Kier alpha value is -2.21. The zero-order valence-corrected chi connectivity index (χ0v) is 11.9. The predicted octanol–water partition coefficient (Wildman–Crippen LogP) is 5.46. The maximum Gasteiger partial charge on any atom is 0.416 e. The van der Waals surface area contributed by atoms with Gasteiger partial charge in [0.2, 0.25) is 0 Å². The molecule has 0 saturated heterocycles. The first-order valence-corrected chi connectivity index (χ1v) is 7.38. The van der Waals surface area contributed by atoms with Crippen LogP contribution in [0.1, 0.15) is 5.56 Å². The van der Waals surface area contributed by atoms with Crippen LogP contribution in [-0.2, 0) is 6.18 Å². The Morgan fingerprint density at radius 3 is 2.59 bits per heavy atom. The third kappa shape index (κ3) is 2.20. The average Bonchev–Trinajstić information content (AvgIpc) is 2.49. The largest absolute Gasteiger partial charge is 0.416 e. The van der Waals surface area contributed by atoms with E-state index in [2.05, 4.69) is 10.3 Å². The van der Waals surface area contributed by atoms with Gasteiger partial charge < -0.3 is 5.32 Å². The number of hydrogen-bond donors (Lipinski definition) is 1. The lowest BCUT2D eigenvalue weighted by Crippen LogP contribution is -2.06. The lowest BCUT2D eigenvalue weighted by Gasteiger charge is -2.20. The summed E-state index contributed by atoms with van der Waals surface area (Å²) in [5.74, 6) is 0.593. The van der Waals surface area contributed by atoms with Crippen LogP contribution in [0.5, 0.6) is 0 Å². The molecule has 0 amide bonds. The van der Waals surface area contributed by atoms with E-state index in [4.69, 9.17) is 0 Å². The Morgan fingerprint density at radius 2 is 1.77 bits per heavy atom. The van der Waals surface area contributed by atoms with Crippen molar-refractivity contribution >= 4 is 34.2 Å². The fourth-order valence-electron chi connectivity index (χ4n) is 2.40. The summed E-state index contributed by atoms with van der Waals surface area (Å²) in [6.07, 6.45) is -4.36. The fraction of sp³-hybridized carbons (Fsp3) is 0.0625. The molecule has 0 bridgehead atoms. The Bertz CT molecular complexity index is 890. The summed E-state index contributed by atoms with van der Waals surface area (Å²) in [5.41, 5.74) is 0.566. The van der Waals surface area contributed by atoms with Crippen molar-refractivity contribution < 1.29 is 13.2 Å². The highest BCUT2D eigenvalue weighted by Crippen LogP contribution is 2.44. The monoisotopic (exact) mass is 318 g/mol. The third-order valence-corrected chi connectivity index (χ3v) is 4.58. The summed E-state index contributed by atoms with van der Waals surface area (Å²) in [7, 11) is 0. The Kier molecular flexibility index (Phi) is 2.84. The number of nitrogens with zero attached hydrogens (tertiary/aromatic N) is 1. The minimum Gasteiger partial charge on any atom is -0.338 e. The van der Waals surface area contributed by atoms with Crippen molar-refractivity contribution in [2.24, 2.45) is 0 Å². The molecule has 0 atom stereocenters. The molecule has 0 unspecified atom stereocenters. The smallest absolute Gasteiger partial charge is 0.338 e. The summed E-state index contributed by atoms with van der Waals surface area (Å²) in [6, 6.07) is 13.3. The number of aromatic nitrogens is 1. The van der Waals surface area contributed by atoms with Crippen molar-refractivity contribution in [3.8, 4) is 0 Å². The third-order valence-electron chi connectivity index (χ3n) is 3.47. The van der Waals surface area contributed by atoms with E-state index in [1.54, 1.807) is 11.8 Å². The minimum atomic E-state index is -4.36. The van der Waals surface area contributed by atoms with E-state index in [9.17, 15) is 13.2 Å². The standard InChI is InChI=1S/C16H9F3N2S/c17-16(18,19)10-6-5-9-7-14-15(21-12(9)8-10)20-11-3-1-2-4-13(11)22-14/h1-8H,(H,20,21). The fourth-order valence-corrected chi connectivity index (χ4v) is 3.39. The normalized spacial score (nSPS) is 13.4. The second kappa shape index (κ2) is 4.64. The average molecular weight is 318 g/mol. The molecule has 0 fully saturated rings. The number of hydrogen-bond acceptors (Lipinski definition) is 3. The number of alkyl halides is 3. The van der Waals surface area contributed by atoms with Crippen LogP contribution in [0.25, 0.3) is 10.9 Å². The number of pyridine rings is 1. The van der Waals surface area contributed by atoms with Crippen LogP contribution < -0.4 is 5.32 Å². The first-order valence-electron chi connectivity index (χ1n) is 6.57. The first-order chi connectivity index (χ1) is 10.5. The van der Waals surface area contributed by atoms with Gasteiger partial charge in [0, 0.05) is 10.3 Å². The molecular weight excluding hydrogens is 309 g/mol. The summed E-state index contributed by atoms with van der Waals surface area (Å²) in [4.78, 5) is 6.34. The van der Waals surface area contributed by atoms with Crippen molar-refractivity contribution in [2.45, 2.75) is 16.0 Å². The van der Waals surface area contributed by atoms with Crippen LogP contribution in [0.4, 0.5) is 24.7 Å². The molecule has 22 heavy (non-hydrogen) atoms. The van der Waals surface area contributed by atoms with Gasteiger partial charge in [0.15, 0.2) is 0 Å². The van der Waals surface area contributed by atoms with Gasteiger partial charge in [-0.3, -0.25) is 0 Å². The topological polar surface area (TPSA) is 24.9 Å². The van der Waals surface area contributed by atoms with Gasteiger partial charge in [-0.15, -0.1) is 0 Å². The molecule has 1 aliphatic heterocycles. The van der Waals surface area contributed by atoms with Gasteiger partial charge in [-0.05, 0) is 30.3 Å². The molecule has 2 heterocycles. The molecule has 1 aromatic heterocycles. The molecule has 0 radical (unpaired) electrons. The molecule has 0 aliphatic carbocycles. The molecule has 0 spiro atoms. The molecule has 0 saturated carbocycles. The second-order valence-electron chi connectivity index (χ2n) is 4.96. The zero-order valence-electron chi connectivity index (χ0n) is 11.1. The van der Waals surface area contributed by atoms with Crippen LogP contribution >= 0.6 is 11.8 Å². The summed E-state index contributed by atoms with van der Waals surface area (Å²) in [5, 5.41) is 3.87. The van der Waals surface area contributed by atoms with E-state index < -0.39 is 11.7 Å². The van der Waals surface area contributed by atoms with Crippen LogP contribution in [0.3, 0.4) is 0 Å². The lowest BCUT2D eigenvalue weighted by atomic mass is 10.1. The first kappa shape index (κ1) is 13.5. The van der Waals surface area contributed by atoms with E-state index in [-0.39, 0.29) is 0 Å². The van der Waals surface area contributed by atoms with Gasteiger partial charge in [-0.25, -0.2) is 4.98 Å². The van der Waals surface area contributed by atoms with Gasteiger partial charge in [0.25, 0.3) is 0 Å². The predicted molar refractivity (Wildman–Crippen MR) is 80.6 cm³/mol. The number of rotatable bonds is 0. The number of benzene rings is 2. The van der Waals surface area contributed by atoms with Crippen molar-refractivity contribution in [2.75, 3.05) is 5.32 Å². The maximum atomic E-state index is 12.8. The maximum absolute atomic E-state index is 12.8. The van der Waals surface area contributed by atoms with Gasteiger partial charge in [0.05, 0.1) is 21.7 Å². The Labute approximate surface area is 128 Å². The Morgan fingerprint density at radius 1 is 0.955 bits per heavy atom. The van der Waals surface area contributed by atoms with Gasteiger partial charge in [0.1, 0.15) is 5.82 Å². The van der Waals surface area contributed by atoms with E-state index in [0.29, 0.717) is 16.7 Å². The van der Waals surface area contributed by atoms with Crippen LogP contribution in [0.15, 0.2) is 58.3 Å². The van der Waals surface area contributed by atoms with Crippen LogP contribution in [-0.4, -0.2) is 4.98 Å². The molecule has 2 aromatic carbocycles.